The number of hydrogen-bond donors (Lipinski definition) is 1. The number of nitrogen functional groups attached to an aromatic ring is 1. The van der Waals surface area contributed by atoms with Gasteiger partial charge in [0, 0.05) is 6.61 Å². The molecular weight excluding hydrogens is 284 g/mol. The molecule has 0 bridgehead atoms. The van der Waals surface area contributed by atoms with E-state index in [0.29, 0.717) is 31.2 Å². The fourth-order valence-corrected chi connectivity index (χ4v) is 2.52. The van der Waals surface area contributed by atoms with Crippen molar-refractivity contribution in [2.24, 2.45) is 0 Å². The average molecular weight is 308 g/mol. The Morgan fingerprint density at radius 3 is 2.91 bits per heavy atom. The van der Waals surface area contributed by atoms with Crippen LogP contribution in [0.5, 0.6) is 5.75 Å². The molecule has 1 heterocycles. The van der Waals surface area contributed by atoms with Crippen molar-refractivity contribution in [1.29, 1.82) is 0 Å². The van der Waals surface area contributed by atoms with Crippen LogP contribution in [-0.4, -0.2) is 44.5 Å². The van der Waals surface area contributed by atoms with E-state index in [2.05, 4.69) is 0 Å². The molecule has 6 nitrogen and oxygen atoms in total. The Bertz CT molecular complexity index is 531. The van der Waals surface area contributed by atoms with Gasteiger partial charge in [-0.05, 0) is 32.9 Å². The molecule has 122 valence electrons. The van der Waals surface area contributed by atoms with Gasteiger partial charge in [0.1, 0.15) is 30.2 Å². The van der Waals surface area contributed by atoms with Crippen LogP contribution >= 0.6 is 0 Å². The molecule has 1 aliphatic heterocycles. The van der Waals surface area contributed by atoms with Gasteiger partial charge in [-0.25, -0.2) is 0 Å². The number of carbonyl (C=O) groups excluding carboxylic acids is 1. The molecule has 0 fully saturated rings. The Morgan fingerprint density at radius 2 is 2.18 bits per heavy atom. The summed E-state index contributed by atoms with van der Waals surface area (Å²) in [7, 11) is 0. The third-order valence-corrected chi connectivity index (χ3v) is 3.32. The van der Waals surface area contributed by atoms with E-state index in [9.17, 15) is 4.79 Å². The van der Waals surface area contributed by atoms with E-state index in [0.717, 1.165) is 5.69 Å². The molecule has 0 spiro atoms. The number of nitrogens with two attached hydrogens (primary N) is 1. The van der Waals surface area contributed by atoms with Crippen molar-refractivity contribution in [3.05, 3.63) is 18.2 Å². The Hall–Kier alpha value is -1.95. The lowest BCUT2D eigenvalue weighted by molar-refractivity contribution is -0.143. The minimum absolute atomic E-state index is 0.139. The predicted molar refractivity (Wildman–Crippen MR) is 85.2 cm³/mol. The van der Waals surface area contributed by atoms with E-state index in [4.69, 9.17) is 19.9 Å². The summed E-state index contributed by atoms with van der Waals surface area (Å²) in [4.78, 5) is 13.9. The Labute approximate surface area is 131 Å². The minimum atomic E-state index is -0.396. The van der Waals surface area contributed by atoms with E-state index in [1.807, 2.05) is 37.8 Å². The number of carbonyl (C=O) groups is 1. The highest BCUT2D eigenvalue weighted by molar-refractivity contribution is 5.82. The molecule has 0 radical (unpaired) electrons. The van der Waals surface area contributed by atoms with Crippen LogP contribution in [0.2, 0.25) is 0 Å². The fraction of sp³-hybridized carbons (Fsp3) is 0.562. The maximum Gasteiger partial charge on any atom is 0.325 e. The zero-order valence-electron chi connectivity index (χ0n) is 13.4. The lowest BCUT2D eigenvalue weighted by Crippen LogP contribution is -2.49. The Kier molecular flexibility index (Phi) is 5.13. The largest absolute Gasteiger partial charge is 0.484 e. The molecule has 22 heavy (non-hydrogen) atoms. The Balaban J connectivity index is 2.06. The molecule has 1 aromatic rings. The molecule has 0 saturated carbocycles. The first-order chi connectivity index (χ1) is 10.4. The highest BCUT2D eigenvalue weighted by atomic mass is 16.6. The lowest BCUT2D eigenvalue weighted by Gasteiger charge is -2.40. The number of ether oxygens (including phenoxy) is 3. The van der Waals surface area contributed by atoms with Gasteiger partial charge in [0.15, 0.2) is 0 Å². The van der Waals surface area contributed by atoms with Gasteiger partial charge < -0.3 is 24.8 Å². The zero-order valence-corrected chi connectivity index (χ0v) is 13.4. The van der Waals surface area contributed by atoms with Crippen molar-refractivity contribution in [3.63, 3.8) is 0 Å². The number of esters is 1. The summed E-state index contributed by atoms with van der Waals surface area (Å²) in [6.07, 6.45) is 0. The number of rotatable bonds is 6. The maximum absolute atomic E-state index is 12.0. The summed E-state index contributed by atoms with van der Waals surface area (Å²) in [5.41, 5.74) is 6.99. The molecule has 0 aromatic heterocycles. The van der Waals surface area contributed by atoms with Gasteiger partial charge in [-0.1, -0.05) is 6.07 Å². The van der Waals surface area contributed by atoms with Crippen LogP contribution in [0.3, 0.4) is 0 Å². The number of hydrogen-bond acceptors (Lipinski definition) is 6. The summed E-state index contributed by atoms with van der Waals surface area (Å²) in [5.74, 6) is 0.393. The van der Waals surface area contributed by atoms with Crippen LogP contribution in [0.25, 0.3) is 0 Å². The molecule has 6 heteroatoms. The third-order valence-electron chi connectivity index (χ3n) is 3.32. The van der Waals surface area contributed by atoms with E-state index in [-0.39, 0.29) is 19.1 Å². The van der Waals surface area contributed by atoms with E-state index >= 15 is 0 Å². The van der Waals surface area contributed by atoms with Crippen molar-refractivity contribution < 1.29 is 19.0 Å². The lowest BCUT2D eigenvalue weighted by atomic mass is 10.0. The summed E-state index contributed by atoms with van der Waals surface area (Å²) < 4.78 is 16.3. The Morgan fingerprint density at radius 1 is 1.41 bits per heavy atom. The average Bonchev–Trinajstić information content (AvgIpc) is 2.42. The first-order valence-corrected chi connectivity index (χ1v) is 7.49. The van der Waals surface area contributed by atoms with Crippen molar-refractivity contribution in [1.82, 2.24) is 0 Å². The normalized spacial score (nSPS) is 15.9. The number of fused-ring (bicyclic) bond motifs is 1. The minimum Gasteiger partial charge on any atom is -0.484 e. The third kappa shape index (κ3) is 4.04. The van der Waals surface area contributed by atoms with Gasteiger partial charge in [0.05, 0.1) is 18.8 Å². The molecule has 0 atom stereocenters. The smallest absolute Gasteiger partial charge is 0.325 e. The second-order valence-electron chi connectivity index (χ2n) is 5.83. The van der Waals surface area contributed by atoms with E-state index in [1.54, 1.807) is 6.07 Å². The zero-order chi connectivity index (χ0) is 16.2. The summed E-state index contributed by atoms with van der Waals surface area (Å²) >= 11 is 0. The molecule has 1 aromatic carbocycles. The summed E-state index contributed by atoms with van der Waals surface area (Å²) in [5, 5.41) is 0. The van der Waals surface area contributed by atoms with Crippen LogP contribution in [0.1, 0.15) is 20.8 Å². The molecule has 0 saturated heterocycles. The standard InChI is InChI=1S/C16H24N2O4/c1-4-20-8-9-21-14(19)10-18-11-16(2,3)22-13-7-5-6-12(17)15(13)18/h5-7H,4,8-11,17H2,1-3H3. The summed E-state index contributed by atoms with van der Waals surface area (Å²) in [6.45, 7) is 7.84. The van der Waals surface area contributed by atoms with Crippen molar-refractivity contribution >= 4 is 17.3 Å². The SMILES string of the molecule is CCOCCOC(=O)CN1CC(C)(C)Oc2cccc(N)c21. The second-order valence-corrected chi connectivity index (χ2v) is 5.83. The highest BCUT2D eigenvalue weighted by Crippen LogP contribution is 2.40. The fourth-order valence-electron chi connectivity index (χ4n) is 2.52. The number of anilines is 2. The highest BCUT2D eigenvalue weighted by Gasteiger charge is 2.33. The number of benzene rings is 1. The van der Waals surface area contributed by atoms with Gasteiger partial charge in [0.25, 0.3) is 0 Å². The van der Waals surface area contributed by atoms with Gasteiger partial charge in [0.2, 0.25) is 0 Å². The van der Waals surface area contributed by atoms with Crippen LogP contribution in [0.4, 0.5) is 11.4 Å². The topological polar surface area (TPSA) is 74.0 Å². The monoisotopic (exact) mass is 308 g/mol. The van der Waals surface area contributed by atoms with Crippen LogP contribution in [-0.2, 0) is 14.3 Å². The molecule has 0 aliphatic carbocycles. The van der Waals surface area contributed by atoms with Crippen molar-refractivity contribution in [2.75, 3.05) is 43.5 Å². The van der Waals surface area contributed by atoms with Crippen molar-refractivity contribution in [3.8, 4) is 5.75 Å². The van der Waals surface area contributed by atoms with Crippen LogP contribution in [0.15, 0.2) is 18.2 Å². The van der Waals surface area contributed by atoms with Gasteiger partial charge in [-0.3, -0.25) is 4.79 Å². The van der Waals surface area contributed by atoms with Gasteiger partial charge >= 0.3 is 5.97 Å². The van der Waals surface area contributed by atoms with Gasteiger partial charge in [-0.2, -0.15) is 0 Å². The molecule has 1 aliphatic rings. The second kappa shape index (κ2) is 6.87. The molecule has 2 rings (SSSR count). The number of nitrogens with zero attached hydrogens (tertiary/aromatic N) is 1. The number of para-hydroxylation sites is 1. The van der Waals surface area contributed by atoms with E-state index in [1.165, 1.54) is 0 Å². The molecule has 0 unspecified atom stereocenters. The van der Waals surface area contributed by atoms with Gasteiger partial charge in [-0.15, -0.1) is 0 Å². The maximum atomic E-state index is 12.0. The quantitative estimate of drug-likeness (QED) is 0.491. The van der Waals surface area contributed by atoms with Crippen LogP contribution < -0.4 is 15.4 Å². The molecular formula is C16H24N2O4. The van der Waals surface area contributed by atoms with Crippen molar-refractivity contribution in [2.45, 2.75) is 26.4 Å². The molecule has 0 amide bonds. The first kappa shape index (κ1) is 16.4. The van der Waals surface area contributed by atoms with E-state index < -0.39 is 5.60 Å². The summed E-state index contributed by atoms with van der Waals surface area (Å²) in [6, 6.07) is 5.50. The molecule has 2 N–H and O–H groups in total. The predicted octanol–water partition coefficient (Wildman–Crippen LogP) is 1.83. The van der Waals surface area contributed by atoms with Crippen LogP contribution in [0, 0.1) is 0 Å². The first-order valence-electron chi connectivity index (χ1n) is 7.49.